The Bertz CT molecular complexity index is 414. The van der Waals surface area contributed by atoms with Crippen molar-refractivity contribution in [2.45, 2.75) is 18.8 Å². The number of rotatable bonds is 2. The molecule has 0 saturated heterocycles. The van der Waals surface area contributed by atoms with Gasteiger partial charge in [0.2, 0.25) is 0 Å². The van der Waals surface area contributed by atoms with Gasteiger partial charge in [0.1, 0.15) is 0 Å². The molecule has 0 N–H and O–H groups in total. The lowest BCUT2D eigenvalue weighted by atomic mass is 9.81. The molecule has 1 aromatic rings. The van der Waals surface area contributed by atoms with Crippen LogP contribution in [0.5, 0.6) is 0 Å². The summed E-state index contributed by atoms with van der Waals surface area (Å²) in [5, 5.41) is 18.2. The van der Waals surface area contributed by atoms with E-state index in [9.17, 15) is 0 Å². The molecule has 0 amide bonds. The third-order valence-electron chi connectivity index (χ3n) is 2.14. The second kappa shape index (κ2) is 4.13. The fourth-order valence-electron chi connectivity index (χ4n) is 1.20. The SMILES string of the molecule is CC(C#N)(CC#N)c1cccc(Cl)c1. The Balaban J connectivity index is 3.15. The van der Waals surface area contributed by atoms with Crippen molar-refractivity contribution < 1.29 is 0 Å². The first-order valence-electron chi connectivity index (χ1n) is 4.16. The second-order valence-electron chi connectivity index (χ2n) is 3.29. The van der Waals surface area contributed by atoms with Gasteiger partial charge < -0.3 is 0 Å². The molecule has 0 heterocycles. The third kappa shape index (κ3) is 2.05. The first-order chi connectivity index (χ1) is 6.62. The summed E-state index contributed by atoms with van der Waals surface area (Å²) in [5.41, 5.74) is 0.0219. The van der Waals surface area contributed by atoms with E-state index in [1.165, 1.54) is 0 Å². The third-order valence-corrected chi connectivity index (χ3v) is 2.38. The van der Waals surface area contributed by atoms with Crippen LogP contribution in [0.1, 0.15) is 18.9 Å². The highest BCUT2D eigenvalue weighted by molar-refractivity contribution is 6.30. The monoisotopic (exact) mass is 204 g/mol. The Hall–Kier alpha value is -1.51. The molecule has 0 aromatic heterocycles. The maximum absolute atomic E-state index is 9.02. The van der Waals surface area contributed by atoms with Gasteiger partial charge in [-0.2, -0.15) is 10.5 Å². The Kier molecular flexibility index (Phi) is 3.12. The van der Waals surface area contributed by atoms with Crippen molar-refractivity contribution in [1.82, 2.24) is 0 Å². The van der Waals surface area contributed by atoms with Crippen molar-refractivity contribution >= 4 is 11.6 Å². The quantitative estimate of drug-likeness (QED) is 0.744. The van der Waals surface area contributed by atoms with Gasteiger partial charge in [-0.1, -0.05) is 23.7 Å². The van der Waals surface area contributed by atoms with Gasteiger partial charge in [0.05, 0.1) is 24.0 Å². The number of nitrogens with zero attached hydrogens (tertiary/aromatic N) is 2. The minimum Gasteiger partial charge on any atom is -0.198 e. The van der Waals surface area contributed by atoms with Crippen molar-refractivity contribution in [3.63, 3.8) is 0 Å². The molecule has 0 spiro atoms. The smallest absolute Gasteiger partial charge is 0.0924 e. The van der Waals surface area contributed by atoms with Crippen molar-refractivity contribution in [2.24, 2.45) is 0 Å². The molecule has 2 nitrogen and oxygen atoms in total. The van der Waals surface area contributed by atoms with Gasteiger partial charge in [-0.15, -0.1) is 0 Å². The molecular weight excluding hydrogens is 196 g/mol. The normalized spacial score (nSPS) is 13.7. The summed E-state index contributed by atoms with van der Waals surface area (Å²) in [4.78, 5) is 0. The Morgan fingerprint density at radius 3 is 2.64 bits per heavy atom. The van der Waals surface area contributed by atoms with E-state index in [-0.39, 0.29) is 6.42 Å². The Labute approximate surface area is 88.3 Å². The molecule has 1 atom stereocenters. The van der Waals surface area contributed by atoms with E-state index in [0.29, 0.717) is 5.02 Å². The highest BCUT2D eigenvalue weighted by Gasteiger charge is 2.26. The van der Waals surface area contributed by atoms with Crippen molar-refractivity contribution in [3.8, 4) is 12.1 Å². The zero-order valence-corrected chi connectivity index (χ0v) is 8.54. The van der Waals surface area contributed by atoms with Crippen molar-refractivity contribution in [1.29, 1.82) is 10.5 Å². The number of hydrogen-bond acceptors (Lipinski definition) is 2. The number of halogens is 1. The zero-order chi connectivity index (χ0) is 10.6. The Morgan fingerprint density at radius 1 is 1.43 bits per heavy atom. The molecule has 0 bridgehead atoms. The van der Waals surface area contributed by atoms with Crippen LogP contribution in [0.2, 0.25) is 5.02 Å². The van der Waals surface area contributed by atoms with Crippen LogP contribution in [0.25, 0.3) is 0 Å². The maximum atomic E-state index is 9.02. The van der Waals surface area contributed by atoms with Gasteiger partial charge in [0, 0.05) is 5.02 Å². The second-order valence-corrected chi connectivity index (χ2v) is 3.73. The summed E-state index contributed by atoms with van der Waals surface area (Å²) in [7, 11) is 0. The summed E-state index contributed by atoms with van der Waals surface area (Å²) in [5.74, 6) is 0. The predicted octanol–water partition coefficient (Wildman–Crippen LogP) is 3.03. The molecule has 1 unspecified atom stereocenters. The molecule has 3 heteroatoms. The van der Waals surface area contributed by atoms with Crippen LogP contribution >= 0.6 is 11.6 Å². The van der Waals surface area contributed by atoms with Gasteiger partial charge in [0.15, 0.2) is 0 Å². The molecule has 0 fully saturated rings. The van der Waals surface area contributed by atoms with E-state index < -0.39 is 5.41 Å². The fourth-order valence-corrected chi connectivity index (χ4v) is 1.39. The molecule has 0 radical (unpaired) electrons. The van der Waals surface area contributed by atoms with Gasteiger partial charge in [-0.05, 0) is 24.6 Å². The first kappa shape index (κ1) is 10.6. The van der Waals surface area contributed by atoms with Crippen LogP contribution in [0.3, 0.4) is 0 Å². The van der Waals surface area contributed by atoms with Crippen molar-refractivity contribution in [2.75, 3.05) is 0 Å². The van der Waals surface area contributed by atoms with E-state index in [2.05, 4.69) is 6.07 Å². The zero-order valence-electron chi connectivity index (χ0n) is 7.79. The molecule has 1 aromatic carbocycles. The largest absolute Gasteiger partial charge is 0.198 e. The van der Waals surface area contributed by atoms with Crippen LogP contribution in [0, 0.1) is 22.7 Å². The van der Waals surface area contributed by atoms with Gasteiger partial charge in [0.25, 0.3) is 0 Å². The molecule has 0 saturated carbocycles. The minimum atomic E-state index is -0.764. The molecular formula is C11H9ClN2. The van der Waals surface area contributed by atoms with Crippen molar-refractivity contribution in [3.05, 3.63) is 34.9 Å². The van der Waals surface area contributed by atoms with Crippen LogP contribution in [0.15, 0.2) is 24.3 Å². The van der Waals surface area contributed by atoms with E-state index in [4.69, 9.17) is 22.1 Å². The summed E-state index contributed by atoms with van der Waals surface area (Å²) >= 11 is 5.82. The van der Waals surface area contributed by atoms with Crippen LogP contribution < -0.4 is 0 Å². The number of nitriles is 2. The highest BCUT2D eigenvalue weighted by Crippen LogP contribution is 2.28. The van der Waals surface area contributed by atoms with Crippen LogP contribution in [-0.4, -0.2) is 0 Å². The molecule has 0 aliphatic carbocycles. The average molecular weight is 205 g/mol. The van der Waals surface area contributed by atoms with Crippen LogP contribution in [0.4, 0.5) is 0 Å². The fraction of sp³-hybridized carbons (Fsp3) is 0.273. The molecule has 0 aliphatic rings. The molecule has 14 heavy (non-hydrogen) atoms. The lowest BCUT2D eigenvalue weighted by Gasteiger charge is -2.18. The predicted molar refractivity (Wildman–Crippen MR) is 54.6 cm³/mol. The highest BCUT2D eigenvalue weighted by atomic mass is 35.5. The van der Waals surface area contributed by atoms with Gasteiger partial charge in [-0.25, -0.2) is 0 Å². The molecule has 0 aliphatic heterocycles. The summed E-state index contributed by atoms with van der Waals surface area (Å²) in [6.45, 7) is 1.74. The van der Waals surface area contributed by atoms with Crippen LogP contribution in [-0.2, 0) is 5.41 Å². The van der Waals surface area contributed by atoms with E-state index in [0.717, 1.165) is 5.56 Å². The number of benzene rings is 1. The summed E-state index contributed by atoms with van der Waals surface area (Å²) < 4.78 is 0. The first-order valence-corrected chi connectivity index (χ1v) is 4.54. The topological polar surface area (TPSA) is 47.6 Å². The van der Waals surface area contributed by atoms with E-state index >= 15 is 0 Å². The number of hydrogen-bond donors (Lipinski definition) is 0. The summed E-state index contributed by atoms with van der Waals surface area (Å²) in [6, 6.07) is 11.2. The van der Waals surface area contributed by atoms with E-state index in [1.807, 2.05) is 12.1 Å². The Morgan fingerprint density at radius 2 is 2.14 bits per heavy atom. The lowest BCUT2D eigenvalue weighted by Crippen LogP contribution is -2.18. The van der Waals surface area contributed by atoms with Gasteiger partial charge in [-0.3, -0.25) is 0 Å². The standard InChI is InChI=1S/C11H9ClN2/c1-11(8-14,5-6-13)9-3-2-4-10(12)7-9/h2-4,7H,5H2,1H3. The maximum Gasteiger partial charge on any atom is 0.0924 e. The van der Waals surface area contributed by atoms with Gasteiger partial charge >= 0.3 is 0 Å². The van der Waals surface area contributed by atoms with E-state index in [1.54, 1.807) is 25.1 Å². The molecule has 70 valence electrons. The lowest BCUT2D eigenvalue weighted by molar-refractivity contribution is 0.628. The molecule has 1 rings (SSSR count). The average Bonchev–Trinajstić information content (AvgIpc) is 2.18. The summed E-state index contributed by atoms with van der Waals surface area (Å²) in [6.07, 6.45) is 0.170. The minimum absolute atomic E-state index is 0.170.